The first-order chi connectivity index (χ1) is 12.8. The minimum Gasteiger partial charge on any atom is -0.357 e. The molecule has 0 spiro atoms. The SMILES string of the molecule is CCNC(=NCc1ccccn1)NCC1(N2CCSCC2)CCCCC1. The fourth-order valence-corrected chi connectivity index (χ4v) is 5.00. The number of guanidine groups is 1. The van der Waals surface area contributed by atoms with E-state index in [9.17, 15) is 0 Å². The molecule has 0 aromatic carbocycles. The van der Waals surface area contributed by atoms with E-state index in [-0.39, 0.29) is 0 Å². The summed E-state index contributed by atoms with van der Waals surface area (Å²) in [5.41, 5.74) is 1.31. The average Bonchev–Trinajstić information content (AvgIpc) is 2.72. The number of hydrogen-bond acceptors (Lipinski definition) is 4. The Balaban J connectivity index is 1.64. The van der Waals surface area contributed by atoms with Gasteiger partial charge in [0.15, 0.2) is 5.96 Å². The van der Waals surface area contributed by atoms with Crippen LogP contribution in [0.1, 0.15) is 44.7 Å². The molecule has 0 amide bonds. The molecular formula is C20H33N5S. The maximum atomic E-state index is 4.75. The van der Waals surface area contributed by atoms with Crippen LogP contribution >= 0.6 is 11.8 Å². The lowest BCUT2D eigenvalue weighted by molar-refractivity contribution is 0.0626. The predicted octanol–water partition coefficient (Wildman–Crippen LogP) is 2.89. The fraction of sp³-hybridized carbons (Fsp3) is 0.700. The molecule has 2 fully saturated rings. The highest BCUT2D eigenvalue weighted by Gasteiger charge is 2.38. The van der Waals surface area contributed by atoms with Crippen LogP contribution in [-0.4, -0.2) is 59.1 Å². The van der Waals surface area contributed by atoms with Crippen LogP contribution in [0, 0.1) is 0 Å². The van der Waals surface area contributed by atoms with Gasteiger partial charge in [0.25, 0.3) is 0 Å². The Kier molecular flexibility index (Phi) is 7.62. The van der Waals surface area contributed by atoms with Gasteiger partial charge in [0.1, 0.15) is 0 Å². The van der Waals surface area contributed by atoms with E-state index in [2.05, 4.69) is 39.2 Å². The van der Waals surface area contributed by atoms with Crippen LogP contribution in [0.3, 0.4) is 0 Å². The highest BCUT2D eigenvalue weighted by Crippen LogP contribution is 2.34. The highest BCUT2D eigenvalue weighted by molar-refractivity contribution is 7.99. The van der Waals surface area contributed by atoms with Crippen molar-refractivity contribution in [2.75, 3.05) is 37.7 Å². The molecule has 1 aromatic heterocycles. The van der Waals surface area contributed by atoms with Gasteiger partial charge in [-0.1, -0.05) is 25.3 Å². The third-order valence-electron chi connectivity index (χ3n) is 5.52. The van der Waals surface area contributed by atoms with Crippen molar-refractivity contribution < 1.29 is 0 Å². The second kappa shape index (κ2) is 10.2. The van der Waals surface area contributed by atoms with E-state index in [1.54, 1.807) is 0 Å². The summed E-state index contributed by atoms with van der Waals surface area (Å²) in [5, 5.41) is 7.06. The molecule has 2 heterocycles. The maximum absolute atomic E-state index is 4.75. The molecule has 1 aliphatic carbocycles. The predicted molar refractivity (Wildman–Crippen MR) is 112 cm³/mol. The van der Waals surface area contributed by atoms with Gasteiger partial charge in [-0.3, -0.25) is 9.88 Å². The lowest BCUT2D eigenvalue weighted by Gasteiger charge is -2.48. The minimum absolute atomic E-state index is 0.306. The standard InChI is InChI=1S/C20H33N5S/c1-2-21-19(23-16-18-8-4-7-11-22-18)24-17-20(9-5-3-6-10-20)25-12-14-26-15-13-25/h4,7-8,11H,2-3,5-6,9-10,12-17H2,1H3,(H2,21,23,24). The summed E-state index contributed by atoms with van der Waals surface area (Å²) in [5.74, 6) is 3.46. The Labute approximate surface area is 162 Å². The summed E-state index contributed by atoms with van der Waals surface area (Å²) in [7, 11) is 0. The summed E-state index contributed by atoms with van der Waals surface area (Å²) < 4.78 is 0. The van der Waals surface area contributed by atoms with Gasteiger partial charge in [-0.05, 0) is 31.9 Å². The number of aliphatic imine (C=N–C) groups is 1. The molecule has 1 saturated carbocycles. The molecule has 3 rings (SSSR count). The smallest absolute Gasteiger partial charge is 0.191 e. The van der Waals surface area contributed by atoms with Crippen molar-refractivity contribution in [3.05, 3.63) is 30.1 Å². The molecular weight excluding hydrogens is 342 g/mol. The molecule has 0 bridgehead atoms. The third kappa shape index (κ3) is 5.36. The van der Waals surface area contributed by atoms with Crippen LogP contribution in [-0.2, 0) is 6.54 Å². The molecule has 0 unspecified atom stereocenters. The minimum atomic E-state index is 0.306. The zero-order valence-corrected chi connectivity index (χ0v) is 16.9. The van der Waals surface area contributed by atoms with E-state index in [1.807, 2.05) is 24.4 Å². The average molecular weight is 376 g/mol. The van der Waals surface area contributed by atoms with E-state index >= 15 is 0 Å². The van der Waals surface area contributed by atoms with Crippen LogP contribution in [0.25, 0.3) is 0 Å². The van der Waals surface area contributed by atoms with Crippen molar-refractivity contribution in [3.63, 3.8) is 0 Å². The molecule has 2 aliphatic rings. The normalized spacial score (nSPS) is 21.3. The number of nitrogens with zero attached hydrogens (tertiary/aromatic N) is 3. The zero-order valence-electron chi connectivity index (χ0n) is 16.0. The molecule has 26 heavy (non-hydrogen) atoms. The quantitative estimate of drug-likeness (QED) is 0.591. The zero-order chi connectivity index (χ0) is 18.1. The number of nitrogens with one attached hydrogen (secondary N) is 2. The van der Waals surface area contributed by atoms with Crippen LogP contribution < -0.4 is 10.6 Å². The third-order valence-corrected chi connectivity index (χ3v) is 6.46. The van der Waals surface area contributed by atoms with Gasteiger partial charge in [-0.2, -0.15) is 11.8 Å². The van der Waals surface area contributed by atoms with Crippen molar-refractivity contribution >= 4 is 17.7 Å². The van der Waals surface area contributed by atoms with Gasteiger partial charge >= 0.3 is 0 Å². The lowest BCUT2D eigenvalue weighted by Crippen LogP contribution is -2.59. The topological polar surface area (TPSA) is 52.6 Å². The molecule has 1 saturated heterocycles. The van der Waals surface area contributed by atoms with E-state index in [0.29, 0.717) is 12.1 Å². The Bertz CT molecular complexity index is 551. The van der Waals surface area contributed by atoms with Gasteiger partial charge in [-0.15, -0.1) is 0 Å². The van der Waals surface area contributed by atoms with Crippen molar-refractivity contribution in [1.29, 1.82) is 0 Å². The van der Waals surface area contributed by atoms with E-state index < -0.39 is 0 Å². The fourth-order valence-electron chi connectivity index (χ4n) is 4.09. The van der Waals surface area contributed by atoms with Crippen molar-refractivity contribution in [3.8, 4) is 0 Å². The molecule has 1 aromatic rings. The van der Waals surface area contributed by atoms with Crippen molar-refractivity contribution in [2.45, 2.75) is 51.1 Å². The first-order valence-electron chi connectivity index (χ1n) is 10.1. The Hall–Kier alpha value is -1.27. The summed E-state index contributed by atoms with van der Waals surface area (Å²) in [6, 6.07) is 5.99. The van der Waals surface area contributed by atoms with E-state index in [1.165, 1.54) is 56.7 Å². The molecule has 6 heteroatoms. The molecule has 144 valence electrons. The molecule has 5 nitrogen and oxygen atoms in total. The van der Waals surface area contributed by atoms with E-state index in [0.717, 1.165) is 24.7 Å². The summed E-state index contributed by atoms with van der Waals surface area (Å²) in [6.45, 7) is 7.06. The van der Waals surface area contributed by atoms with Gasteiger partial charge in [0.2, 0.25) is 0 Å². The number of pyridine rings is 1. The number of hydrogen-bond donors (Lipinski definition) is 2. The van der Waals surface area contributed by atoms with E-state index in [4.69, 9.17) is 4.99 Å². The van der Waals surface area contributed by atoms with Gasteiger partial charge in [0.05, 0.1) is 12.2 Å². The second-order valence-corrected chi connectivity index (χ2v) is 8.48. The van der Waals surface area contributed by atoms with Gasteiger partial charge < -0.3 is 10.6 Å². The highest BCUT2D eigenvalue weighted by atomic mass is 32.2. The van der Waals surface area contributed by atoms with Crippen LogP contribution in [0.15, 0.2) is 29.4 Å². The Morgan fingerprint density at radius 1 is 1.19 bits per heavy atom. The number of rotatable bonds is 6. The lowest BCUT2D eigenvalue weighted by atomic mass is 9.80. The van der Waals surface area contributed by atoms with Crippen LogP contribution in [0.5, 0.6) is 0 Å². The molecule has 0 radical (unpaired) electrons. The second-order valence-electron chi connectivity index (χ2n) is 7.25. The summed E-state index contributed by atoms with van der Waals surface area (Å²) in [4.78, 5) is 11.9. The van der Waals surface area contributed by atoms with Gasteiger partial charge in [-0.25, -0.2) is 4.99 Å². The summed E-state index contributed by atoms with van der Waals surface area (Å²) in [6.07, 6.45) is 8.54. The number of thioether (sulfide) groups is 1. The molecule has 0 atom stereocenters. The number of aromatic nitrogens is 1. The van der Waals surface area contributed by atoms with Crippen molar-refractivity contribution in [1.82, 2.24) is 20.5 Å². The van der Waals surface area contributed by atoms with Crippen LogP contribution in [0.2, 0.25) is 0 Å². The first-order valence-corrected chi connectivity index (χ1v) is 11.2. The largest absolute Gasteiger partial charge is 0.357 e. The van der Waals surface area contributed by atoms with Gasteiger partial charge in [0, 0.05) is 49.4 Å². The first kappa shape index (κ1) is 19.5. The molecule has 2 N–H and O–H groups in total. The maximum Gasteiger partial charge on any atom is 0.191 e. The monoisotopic (exact) mass is 375 g/mol. The van der Waals surface area contributed by atoms with Crippen molar-refractivity contribution in [2.24, 2.45) is 4.99 Å². The molecule has 1 aliphatic heterocycles. The van der Waals surface area contributed by atoms with Crippen LogP contribution in [0.4, 0.5) is 0 Å². The summed E-state index contributed by atoms with van der Waals surface area (Å²) >= 11 is 2.09. The Morgan fingerprint density at radius 3 is 2.69 bits per heavy atom. The Morgan fingerprint density at radius 2 is 2.00 bits per heavy atom.